The van der Waals surface area contributed by atoms with Gasteiger partial charge >= 0.3 is 0 Å². The highest BCUT2D eigenvalue weighted by Crippen LogP contribution is 2.33. The van der Waals surface area contributed by atoms with E-state index in [1.165, 1.54) is 19.3 Å². The molecule has 0 radical (unpaired) electrons. The van der Waals surface area contributed by atoms with Gasteiger partial charge in [0.15, 0.2) is 0 Å². The summed E-state index contributed by atoms with van der Waals surface area (Å²) in [7, 11) is 0. The molecule has 0 spiro atoms. The average Bonchev–Trinajstić information content (AvgIpc) is 2.84. The quantitative estimate of drug-likeness (QED) is 0.894. The molecule has 0 aromatic heterocycles. The van der Waals surface area contributed by atoms with E-state index < -0.39 is 0 Å². The van der Waals surface area contributed by atoms with Crippen molar-refractivity contribution in [2.75, 3.05) is 13.2 Å². The summed E-state index contributed by atoms with van der Waals surface area (Å²) in [4.78, 5) is 2.42. The summed E-state index contributed by atoms with van der Waals surface area (Å²) in [6.45, 7) is 2.49. The number of hydrogen-bond donors (Lipinski definition) is 1. The zero-order valence-electron chi connectivity index (χ0n) is 10.3. The molecule has 1 aromatic carbocycles. The minimum atomic E-state index is 0.222. The number of ether oxygens (including phenoxy) is 1. The molecule has 0 bridgehead atoms. The Bertz CT molecular complexity index is 438. The summed E-state index contributed by atoms with van der Waals surface area (Å²) in [6.07, 6.45) is 4.00. The van der Waals surface area contributed by atoms with Gasteiger partial charge in [0.1, 0.15) is 5.75 Å². The third kappa shape index (κ3) is 2.22. The number of hydrogen-bond acceptors (Lipinski definition) is 3. The van der Waals surface area contributed by atoms with Gasteiger partial charge < -0.3 is 9.84 Å². The van der Waals surface area contributed by atoms with Crippen LogP contribution < -0.4 is 0 Å². The van der Waals surface area contributed by atoms with Gasteiger partial charge in [0.25, 0.3) is 0 Å². The van der Waals surface area contributed by atoms with Crippen molar-refractivity contribution in [1.82, 2.24) is 4.90 Å². The van der Waals surface area contributed by atoms with Gasteiger partial charge in [-0.25, -0.2) is 0 Å². The monoisotopic (exact) mass is 267 g/mol. The Kier molecular flexibility index (Phi) is 3.46. The highest BCUT2D eigenvalue weighted by molar-refractivity contribution is 6.32. The Morgan fingerprint density at radius 3 is 3.17 bits per heavy atom. The molecular weight excluding hydrogens is 250 g/mol. The van der Waals surface area contributed by atoms with E-state index in [-0.39, 0.29) is 5.75 Å². The van der Waals surface area contributed by atoms with Crippen molar-refractivity contribution in [2.24, 2.45) is 0 Å². The molecule has 1 aliphatic carbocycles. The molecule has 18 heavy (non-hydrogen) atoms. The van der Waals surface area contributed by atoms with E-state index in [2.05, 4.69) is 4.90 Å². The number of para-hydroxylation sites is 1. The first-order valence-electron chi connectivity index (χ1n) is 6.58. The number of fused-ring (bicyclic) bond motifs is 1. The van der Waals surface area contributed by atoms with Crippen molar-refractivity contribution in [2.45, 2.75) is 38.0 Å². The number of phenols is 1. The number of halogens is 1. The second-order valence-electron chi connectivity index (χ2n) is 5.13. The predicted molar refractivity (Wildman–Crippen MR) is 70.9 cm³/mol. The smallest absolute Gasteiger partial charge is 0.138 e. The van der Waals surface area contributed by atoms with E-state index in [1.807, 2.05) is 12.1 Å². The van der Waals surface area contributed by atoms with Gasteiger partial charge in [0, 0.05) is 24.7 Å². The summed E-state index contributed by atoms with van der Waals surface area (Å²) in [6, 6.07) is 6.07. The van der Waals surface area contributed by atoms with Crippen molar-refractivity contribution in [3.05, 3.63) is 28.8 Å². The molecule has 2 unspecified atom stereocenters. The van der Waals surface area contributed by atoms with Gasteiger partial charge in [-0.3, -0.25) is 4.90 Å². The topological polar surface area (TPSA) is 32.7 Å². The molecule has 98 valence electrons. The van der Waals surface area contributed by atoms with Gasteiger partial charge in [-0.05, 0) is 25.3 Å². The summed E-state index contributed by atoms with van der Waals surface area (Å²) in [5.74, 6) is 0.222. The molecule has 4 heteroatoms. The second kappa shape index (κ2) is 5.08. The number of phenolic OH excluding ortho intramolecular Hbond substituents is 1. The first kappa shape index (κ1) is 12.3. The molecule has 1 heterocycles. The number of rotatable bonds is 2. The summed E-state index contributed by atoms with van der Waals surface area (Å²) in [5.41, 5.74) is 0.912. The van der Waals surface area contributed by atoms with E-state index in [0.717, 1.165) is 25.3 Å². The molecule has 1 N–H and O–H groups in total. The zero-order valence-corrected chi connectivity index (χ0v) is 11.1. The van der Waals surface area contributed by atoms with Crippen molar-refractivity contribution in [1.29, 1.82) is 0 Å². The van der Waals surface area contributed by atoms with Crippen molar-refractivity contribution >= 4 is 11.6 Å². The van der Waals surface area contributed by atoms with Crippen LogP contribution in [0.1, 0.15) is 24.8 Å². The highest BCUT2D eigenvalue weighted by atomic mass is 35.5. The number of aromatic hydroxyl groups is 1. The maximum absolute atomic E-state index is 9.98. The van der Waals surface area contributed by atoms with Gasteiger partial charge in [-0.2, -0.15) is 0 Å². The van der Waals surface area contributed by atoms with Crippen molar-refractivity contribution < 1.29 is 9.84 Å². The third-order valence-electron chi connectivity index (χ3n) is 4.04. The van der Waals surface area contributed by atoms with Crippen LogP contribution in [0.4, 0.5) is 0 Å². The van der Waals surface area contributed by atoms with E-state index >= 15 is 0 Å². The van der Waals surface area contributed by atoms with Crippen molar-refractivity contribution in [3.8, 4) is 5.75 Å². The van der Waals surface area contributed by atoms with Gasteiger partial charge in [-0.15, -0.1) is 0 Å². The molecule has 1 saturated heterocycles. The normalized spacial score (nSPS) is 28.3. The maximum atomic E-state index is 9.98. The van der Waals surface area contributed by atoms with Crippen LogP contribution >= 0.6 is 11.6 Å². The van der Waals surface area contributed by atoms with Crippen LogP contribution in [0, 0.1) is 0 Å². The fourth-order valence-corrected chi connectivity index (χ4v) is 3.30. The Balaban J connectivity index is 1.77. The molecule has 2 fully saturated rings. The number of morpholine rings is 1. The largest absolute Gasteiger partial charge is 0.506 e. The Morgan fingerprint density at radius 1 is 1.39 bits per heavy atom. The third-order valence-corrected chi connectivity index (χ3v) is 4.35. The first-order valence-corrected chi connectivity index (χ1v) is 6.95. The molecular formula is C14H18ClNO2. The van der Waals surface area contributed by atoms with Crippen LogP contribution in [0.25, 0.3) is 0 Å². The van der Waals surface area contributed by atoms with E-state index in [1.54, 1.807) is 6.07 Å². The number of benzene rings is 1. The van der Waals surface area contributed by atoms with E-state index in [0.29, 0.717) is 17.2 Å². The molecule has 3 nitrogen and oxygen atoms in total. The molecule has 1 aromatic rings. The summed E-state index contributed by atoms with van der Waals surface area (Å²) in [5, 5.41) is 10.4. The van der Waals surface area contributed by atoms with Gasteiger partial charge in [-0.1, -0.05) is 23.7 Å². The molecule has 0 amide bonds. The van der Waals surface area contributed by atoms with Gasteiger partial charge in [0.05, 0.1) is 17.7 Å². The summed E-state index contributed by atoms with van der Waals surface area (Å²) >= 11 is 5.95. The van der Waals surface area contributed by atoms with E-state index in [4.69, 9.17) is 16.3 Å². The van der Waals surface area contributed by atoms with Crippen LogP contribution in [0.15, 0.2) is 18.2 Å². The fraction of sp³-hybridized carbons (Fsp3) is 0.571. The fourth-order valence-electron chi connectivity index (χ4n) is 3.11. The SMILES string of the molecule is Oc1c(Cl)cccc1CN1CCOC2CCCC21. The lowest BCUT2D eigenvalue weighted by Gasteiger charge is -2.37. The molecule has 2 aliphatic rings. The molecule has 3 rings (SSSR count). The Labute approximate surface area is 112 Å². The average molecular weight is 268 g/mol. The second-order valence-corrected chi connectivity index (χ2v) is 5.53. The minimum Gasteiger partial charge on any atom is -0.506 e. The molecule has 1 saturated carbocycles. The first-order chi connectivity index (χ1) is 8.75. The Hall–Kier alpha value is -0.770. The lowest BCUT2D eigenvalue weighted by molar-refractivity contribution is -0.0589. The zero-order chi connectivity index (χ0) is 12.5. The van der Waals surface area contributed by atoms with Gasteiger partial charge in [0.2, 0.25) is 0 Å². The highest BCUT2D eigenvalue weighted by Gasteiger charge is 2.36. The van der Waals surface area contributed by atoms with Crippen LogP contribution in [0.3, 0.4) is 0 Å². The summed E-state index contributed by atoms with van der Waals surface area (Å²) < 4.78 is 5.79. The van der Waals surface area contributed by atoms with Crippen LogP contribution in [0.5, 0.6) is 5.75 Å². The van der Waals surface area contributed by atoms with Crippen LogP contribution in [0.2, 0.25) is 5.02 Å². The number of nitrogens with zero attached hydrogens (tertiary/aromatic N) is 1. The standard InChI is InChI=1S/C14H18ClNO2/c15-11-4-1-3-10(14(11)17)9-16-7-8-18-13-6-2-5-12(13)16/h1,3-4,12-13,17H,2,5-9H2. The predicted octanol–water partition coefficient (Wildman–Crippen LogP) is 2.80. The molecule has 2 atom stereocenters. The maximum Gasteiger partial charge on any atom is 0.138 e. The molecule has 1 aliphatic heterocycles. The minimum absolute atomic E-state index is 0.222. The van der Waals surface area contributed by atoms with E-state index in [9.17, 15) is 5.11 Å². The van der Waals surface area contributed by atoms with Crippen LogP contribution in [-0.4, -0.2) is 35.3 Å². The Morgan fingerprint density at radius 2 is 2.28 bits per heavy atom. The lowest BCUT2D eigenvalue weighted by Crippen LogP contribution is -2.47. The van der Waals surface area contributed by atoms with Crippen molar-refractivity contribution in [3.63, 3.8) is 0 Å². The van der Waals surface area contributed by atoms with Crippen LogP contribution in [-0.2, 0) is 11.3 Å². The lowest BCUT2D eigenvalue weighted by atomic mass is 10.1.